The van der Waals surface area contributed by atoms with Crippen LogP contribution in [0.4, 0.5) is 8.78 Å². The van der Waals surface area contributed by atoms with E-state index in [9.17, 15) is 8.78 Å². The maximum atomic E-state index is 13.1. The molecule has 1 aliphatic heterocycles. The summed E-state index contributed by atoms with van der Waals surface area (Å²) in [5.41, 5.74) is 0.686. The molecule has 3 atom stereocenters. The average Bonchev–Trinajstić information content (AvgIpc) is 2.71. The van der Waals surface area contributed by atoms with Gasteiger partial charge >= 0.3 is 0 Å². The summed E-state index contributed by atoms with van der Waals surface area (Å²) in [5, 5.41) is 3.23. The molecule has 4 heteroatoms. The van der Waals surface area contributed by atoms with Crippen LogP contribution < -0.4 is 5.32 Å². The van der Waals surface area contributed by atoms with E-state index in [4.69, 9.17) is 4.74 Å². The Morgan fingerprint density at radius 3 is 2.50 bits per heavy atom. The first-order valence-electron chi connectivity index (χ1n) is 6.32. The van der Waals surface area contributed by atoms with Crippen LogP contribution >= 0.6 is 0 Å². The van der Waals surface area contributed by atoms with Crippen molar-refractivity contribution in [1.29, 1.82) is 0 Å². The largest absolute Gasteiger partial charge is 0.378 e. The lowest BCUT2D eigenvalue weighted by Crippen LogP contribution is -2.36. The van der Waals surface area contributed by atoms with Crippen molar-refractivity contribution in [3.8, 4) is 0 Å². The third-order valence-electron chi connectivity index (χ3n) is 3.55. The summed E-state index contributed by atoms with van der Waals surface area (Å²) in [5.74, 6) is -0.636. The second-order valence-electron chi connectivity index (χ2n) is 5.02. The van der Waals surface area contributed by atoms with E-state index in [1.807, 2.05) is 7.05 Å². The number of hydrogen-bond donors (Lipinski definition) is 1. The van der Waals surface area contributed by atoms with Gasteiger partial charge < -0.3 is 10.1 Å². The Balaban J connectivity index is 2.05. The summed E-state index contributed by atoms with van der Waals surface area (Å²) in [4.78, 5) is 0. The molecule has 0 saturated carbocycles. The van der Waals surface area contributed by atoms with Gasteiger partial charge in [-0.3, -0.25) is 0 Å². The molecule has 1 N–H and O–H groups in total. The molecule has 1 aromatic rings. The Morgan fingerprint density at radius 1 is 1.33 bits per heavy atom. The zero-order chi connectivity index (χ0) is 13.1. The maximum Gasteiger partial charge on any atom is 0.126 e. The van der Waals surface area contributed by atoms with Crippen LogP contribution in [0, 0.1) is 17.6 Å². The molecule has 1 aromatic carbocycles. The van der Waals surface area contributed by atoms with Crippen molar-refractivity contribution in [2.45, 2.75) is 31.9 Å². The molecule has 0 spiro atoms. The van der Waals surface area contributed by atoms with Crippen LogP contribution in [0.25, 0.3) is 0 Å². The molecular formula is C14H19F2NO. The van der Waals surface area contributed by atoms with Crippen LogP contribution in [0.1, 0.15) is 18.9 Å². The molecule has 1 heterocycles. The SMILES string of the molecule is CNC(Cc1cc(F)cc(F)c1)C1COC(C)C1. The van der Waals surface area contributed by atoms with E-state index in [0.717, 1.165) is 12.5 Å². The van der Waals surface area contributed by atoms with Gasteiger partial charge in [0.05, 0.1) is 12.7 Å². The first-order chi connectivity index (χ1) is 8.58. The first-order valence-corrected chi connectivity index (χ1v) is 6.32. The normalized spacial score (nSPS) is 25.3. The zero-order valence-corrected chi connectivity index (χ0v) is 10.7. The van der Waals surface area contributed by atoms with Crippen molar-refractivity contribution < 1.29 is 13.5 Å². The molecule has 0 aromatic heterocycles. The van der Waals surface area contributed by atoms with E-state index in [1.165, 1.54) is 12.1 Å². The van der Waals surface area contributed by atoms with Crippen molar-refractivity contribution in [3.63, 3.8) is 0 Å². The lowest BCUT2D eigenvalue weighted by molar-refractivity contribution is 0.117. The monoisotopic (exact) mass is 255 g/mol. The third-order valence-corrected chi connectivity index (χ3v) is 3.55. The summed E-state index contributed by atoms with van der Waals surface area (Å²) in [6.45, 7) is 2.76. The number of likely N-dealkylation sites (N-methyl/N-ethyl adjacent to an activating group) is 1. The fraction of sp³-hybridized carbons (Fsp3) is 0.571. The third kappa shape index (κ3) is 3.27. The van der Waals surface area contributed by atoms with Crippen molar-refractivity contribution >= 4 is 0 Å². The smallest absolute Gasteiger partial charge is 0.126 e. The highest BCUT2D eigenvalue weighted by Gasteiger charge is 2.28. The molecule has 1 aliphatic rings. The second-order valence-corrected chi connectivity index (χ2v) is 5.02. The highest BCUT2D eigenvalue weighted by Crippen LogP contribution is 2.24. The molecule has 100 valence electrons. The van der Waals surface area contributed by atoms with Crippen LogP contribution in [0.15, 0.2) is 18.2 Å². The van der Waals surface area contributed by atoms with E-state index >= 15 is 0 Å². The lowest BCUT2D eigenvalue weighted by Gasteiger charge is -2.22. The molecule has 0 radical (unpaired) electrons. The molecule has 2 rings (SSSR count). The lowest BCUT2D eigenvalue weighted by atomic mass is 9.91. The van der Waals surface area contributed by atoms with E-state index in [2.05, 4.69) is 12.2 Å². The second kappa shape index (κ2) is 5.76. The van der Waals surface area contributed by atoms with Gasteiger partial charge in [0.25, 0.3) is 0 Å². The summed E-state index contributed by atoms with van der Waals surface area (Å²) >= 11 is 0. The molecule has 0 aliphatic carbocycles. The van der Waals surface area contributed by atoms with Gasteiger partial charge in [0.1, 0.15) is 11.6 Å². The van der Waals surface area contributed by atoms with Crippen LogP contribution in [0.3, 0.4) is 0 Å². The standard InChI is InChI=1S/C14H19F2NO/c1-9-3-11(8-18-9)14(17-2)6-10-4-12(15)7-13(16)5-10/h4-5,7,9,11,14,17H,3,6,8H2,1-2H3. The Hall–Kier alpha value is -1.00. The molecule has 2 nitrogen and oxygen atoms in total. The van der Waals surface area contributed by atoms with Crippen molar-refractivity contribution in [2.24, 2.45) is 5.92 Å². The van der Waals surface area contributed by atoms with Gasteiger partial charge in [-0.1, -0.05) is 0 Å². The molecule has 1 saturated heterocycles. The minimum Gasteiger partial charge on any atom is -0.378 e. The Bertz CT molecular complexity index is 391. The summed E-state index contributed by atoms with van der Waals surface area (Å²) in [6, 6.07) is 3.88. The van der Waals surface area contributed by atoms with Gasteiger partial charge in [-0.15, -0.1) is 0 Å². The minimum absolute atomic E-state index is 0.191. The Kier molecular flexibility index (Phi) is 4.30. The maximum absolute atomic E-state index is 13.1. The van der Waals surface area contributed by atoms with Gasteiger partial charge in [0.2, 0.25) is 0 Å². The van der Waals surface area contributed by atoms with Crippen molar-refractivity contribution in [1.82, 2.24) is 5.32 Å². The minimum atomic E-state index is -0.518. The summed E-state index contributed by atoms with van der Waals surface area (Å²) < 4.78 is 31.8. The molecule has 18 heavy (non-hydrogen) atoms. The van der Waals surface area contributed by atoms with Crippen LogP contribution in [-0.4, -0.2) is 25.8 Å². The summed E-state index contributed by atoms with van der Waals surface area (Å²) in [7, 11) is 1.88. The first kappa shape index (κ1) is 13.4. The number of halogens is 2. The van der Waals surface area contributed by atoms with E-state index < -0.39 is 11.6 Å². The van der Waals surface area contributed by atoms with Crippen LogP contribution in [0.2, 0.25) is 0 Å². The van der Waals surface area contributed by atoms with Gasteiger partial charge in [-0.25, -0.2) is 8.78 Å². The highest BCUT2D eigenvalue weighted by molar-refractivity contribution is 5.19. The predicted octanol–water partition coefficient (Wildman–Crippen LogP) is 2.52. The van der Waals surface area contributed by atoms with E-state index in [1.54, 1.807) is 0 Å². The van der Waals surface area contributed by atoms with Gasteiger partial charge in [-0.05, 0) is 44.5 Å². The van der Waals surface area contributed by atoms with Crippen LogP contribution in [0.5, 0.6) is 0 Å². The van der Waals surface area contributed by atoms with Crippen LogP contribution in [-0.2, 0) is 11.2 Å². The fourth-order valence-electron chi connectivity index (χ4n) is 2.62. The number of ether oxygens (including phenoxy) is 1. The van der Waals surface area contributed by atoms with E-state index in [-0.39, 0.29) is 12.1 Å². The fourth-order valence-corrected chi connectivity index (χ4v) is 2.62. The molecule has 0 bridgehead atoms. The molecule has 3 unspecified atom stereocenters. The van der Waals surface area contributed by atoms with Crippen molar-refractivity contribution in [3.05, 3.63) is 35.4 Å². The highest BCUT2D eigenvalue weighted by atomic mass is 19.1. The van der Waals surface area contributed by atoms with Crippen molar-refractivity contribution in [2.75, 3.05) is 13.7 Å². The quantitative estimate of drug-likeness (QED) is 0.892. The summed E-state index contributed by atoms with van der Waals surface area (Å²) in [6.07, 6.45) is 1.88. The number of benzene rings is 1. The molecular weight excluding hydrogens is 236 g/mol. The number of rotatable bonds is 4. The van der Waals surface area contributed by atoms with E-state index in [0.29, 0.717) is 24.5 Å². The topological polar surface area (TPSA) is 21.3 Å². The van der Waals surface area contributed by atoms with Gasteiger partial charge in [0, 0.05) is 18.0 Å². The van der Waals surface area contributed by atoms with Gasteiger partial charge in [-0.2, -0.15) is 0 Å². The Labute approximate surface area is 106 Å². The molecule has 0 amide bonds. The number of hydrogen-bond acceptors (Lipinski definition) is 2. The zero-order valence-electron chi connectivity index (χ0n) is 10.7. The predicted molar refractivity (Wildman–Crippen MR) is 66.4 cm³/mol. The number of nitrogens with one attached hydrogen (secondary N) is 1. The van der Waals surface area contributed by atoms with Gasteiger partial charge in [0.15, 0.2) is 0 Å². The molecule has 1 fully saturated rings. The average molecular weight is 255 g/mol. The Morgan fingerprint density at radius 2 is 2.00 bits per heavy atom.